The van der Waals surface area contributed by atoms with Gasteiger partial charge in [-0.3, -0.25) is 4.79 Å². The average molecular weight is 356 g/mol. The number of nitrogens with zero attached hydrogens (tertiary/aromatic N) is 5. The van der Waals surface area contributed by atoms with E-state index in [1.54, 1.807) is 29.8 Å². The third-order valence-corrected chi connectivity index (χ3v) is 4.32. The number of carbonyl (C=O) groups is 2. The van der Waals surface area contributed by atoms with E-state index in [0.29, 0.717) is 36.1 Å². The summed E-state index contributed by atoms with van der Waals surface area (Å²) in [5.74, 6) is 0.763. The highest BCUT2D eigenvalue weighted by Gasteiger charge is 2.31. The summed E-state index contributed by atoms with van der Waals surface area (Å²) < 4.78 is 6.74. The first-order valence-corrected chi connectivity index (χ1v) is 8.08. The summed E-state index contributed by atoms with van der Waals surface area (Å²) in [6.07, 6.45) is 2.99. The number of imidazole rings is 1. The van der Waals surface area contributed by atoms with Crippen LogP contribution in [0.1, 0.15) is 12.3 Å². The molecule has 1 aliphatic heterocycles. The van der Waals surface area contributed by atoms with Gasteiger partial charge in [-0.15, -0.1) is 0 Å². The minimum absolute atomic E-state index is 0.204. The summed E-state index contributed by atoms with van der Waals surface area (Å²) in [7, 11) is 0. The second-order valence-corrected chi connectivity index (χ2v) is 6.15. The van der Waals surface area contributed by atoms with E-state index in [-0.39, 0.29) is 18.4 Å². The van der Waals surface area contributed by atoms with Gasteiger partial charge in [0.25, 0.3) is 0 Å². The predicted molar refractivity (Wildman–Crippen MR) is 89.6 cm³/mol. The van der Waals surface area contributed by atoms with Gasteiger partial charge in [-0.2, -0.15) is 4.98 Å². The van der Waals surface area contributed by atoms with E-state index >= 15 is 0 Å². The van der Waals surface area contributed by atoms with Gasteiger partial charge in [-0.05, 0) is 18.6 Å². The summed E-state index contributed by atoms with van der Waals surface area (Å²) in [6, 6.07) is 3.61. The Morgan fingerprint density at radius 3 is 2.85 bits per heavy atom. The van der Waals surface area contributed by atoms with Crippen LogP contribution < -0.4 is 5.32 Å². The molecule has 4 rings (SSSR count). The number of likely N-dealkylation sites (tertiary alicyclic amines) is 1. The van der Waals surface area contributed by atoms with Crippen LogP contribution >= 0.6 is 0 Å². The number of anilines is 1. The van der Waals surface area contributed by atoms with Gasteiger partial charge in [0.1, 0.15) is 5.65 Å². The van der Waals surface area contributed by atoms with Gasteiger partial charge in [0.15, 0.2) is 5.82 Å². The molecular weight excluding hydrogens is 340 g/mol. The highest BCUT2D eigenvalue weighted by molar-refractivity contribution is 5.92. The summed E-state index contributed by atoms with van der Waals surface area (Å²) in [6.45, 7) is 2.29. The Labute approximate surface area is 147 Å². The maximum Gasteiger partial charge on any atom is 0.407 e. The molecule has 0 aliphatic carbocycles. The zero-order chi connectivity index (χ0) is 18.3. The second-order valence-electron chi connectivity index (χ2n) is 6.15. The van der Waals surface area contributed by atoms with E-state index in [1.165, 1.54) is 4.90 Å². The molecule has 10 nitrogen and oxygen atoms in total. The van der Waals surface area contributed by atoms with Crippen LogP contribution in [0.15, 0.2) is 29.0 Å². The Hall–Kier alpha value is -3.43. The number of pyridine rings is 1. The molecule has 4 heterocycles. The van der Waals surface area contributed by atoms with Crippen LogP contribution in [-0.2, 0) is 4.79 Å². The van der Waals surface area contributed by atoms with E-state index in [4.69, 9.17) is 9.63 Å². The fourth-order valence-corrected chi connectivity index (χ4v) is 2.98. The van der Waals surface area contributed by atoms with E-state index < -0.39 is 6.09 Å². The van der Waals surface area contributed by atoms with E-state index in [9.17, 15) is 9.59 Å². The number of amides is 2. The SMILES string of the molecule is Cc1nc(-c2ccc3nc(NC(=O)C4CCN(C(=O)O)C4)cn3c2)no1. The van der Waals surface area contributed by atoms with Crippen LogP contribution in [0.3, 0.4) is 0 Å². The minimum atomic E-state index is -1.00. The highest BCUT2D eigenvalue weighted by Crippen LogP contribution is 2.21. The van der Waals surface area contributed by atoms with Crippen molar-refractivity contribution in [2.45, 2.75) is 13.3 Å². The molecule has 0 radical (unpaired) electrons. The van der Waals surface area contributed by atoms with Gasteiger partial charge in [0, 0.05) is 31.8 Å². The average Bonchev–Trinajstić information content (AvgIpc) is 3.32. The molecular formula is C16H16N6O4. The normalized spacial score (nSPS) is 17.0. The number of nitrogens with one attached hydrogen (secondary N) is 1. The highest BCUT2D eigenvalue weighted by atomic mass is 16.5. The summed E-state index contributed by atoms with van der Waals surface area (Å²) >= 11 is 0. The van der Waals surface area contributed by atoms with Gasteiger partial charge in [0.05, 0.1) is 12.1 Å². The van der Waals surface area contributed by atoms with Crippen LogP contribution in [0.4, 0.5) is 10.6 Å². The lowest BCUT2D eigenvalue weighted by atomic mass is 10.1. The van der Waals surface area contributed by atoms with Gasteiger partial charge in [-0.1, -0.05) is 5.16 Å². The zero-order valence-electron chi connectivity index (χ0n) is 13.9. The van der Waals surface area contributed by atoms with Gasteiger partial charge < -0.3 is 24.2 Å². The molecule has 134 valence electrons. The lowest BCUT2D eigenvalue weighted by Crippen LogP contribution is -2.30. The summed E-state index contributed by atoms with van der Waals surface area (Å²) in [5, 5.41) is 15.6. The van der Waals surface area contributed by atoms with Gasteiger partial charge in [-0.25, -0.2) is 9.78 Å². The second kappa shape index (κ2) is 6.14. The van der Waals surface area contributed by atoms with Crippen molar-refractivity contribution >= 4 is 23.5 Å². The number of carbonyl (C=O) groups excluding carboxylic acids is 1. The minimum Gasteiger partial charge on any atom is -0.465 e. The molecule has 1 saturated heterocycles. The van der Waals surface area contributed by atoms with Crippen molar-refractivity contribution < 1.29 is 19.2 Å². The van der Waals surface area contributed by atoms with Crippen molar-refractivity contribution in [3.8, 4) is 11.4 Å². The first-order chi connectivity index (χ1) is 12.5. The number of carboxylic acid groups (broad SMARTS) is 1. The first kappa shape index (κ1) is 16.1. The third kappa shape index (κ3) is 2.96. The van der Waals surface area contributed by atoms with Crippen molar-refractivity contribution in [2.24, 2.45) is 5.92 Å². The lowest BCUT2D eigenvalue weighted by molar-refractivity contribution is -0.119. The van der Waals surface area contributed by atoms with Gasteiger partial charge in [0.2, 0.25) is 17.6 Å². The predicted octanol–water partition coefficient (Wildman–Crippen LogP) is 1.63. The fourth-order valence-electron chi connectivity index (χ4n) is 2.98. The topological polar surface area (TPSA) is 126 Å². The number of hydrogen-bond acceptors (Lipinski definition) is 6. The molecule has 0 saturated carbocycles. The molecule has 1 aliphatic rings. The van der Waals surface area contributed by atoms with Gasteiger partial charge >= 0.3 is 6.09 Å². The van der Waals surface area contributed by atoms with Crippen LogP contribution in [0, 0.1) is 12.8 Å². The molecule has 0 aromatic carbocycles. The molecule has 10 heteroatoms. The largest absolute Gasteiger partial charge is 0.465 e. The molecule has 2 N–H and O–H groups in total. The maximum atomic E-state index is 12.3. The van der Waals surface area contributed by atoms with Crippen LogP contribution in [0.25, 0.3) is 17.0 Å². The molecule has 1 fully saturated rings. The molecule has 26 heavy (non-hydrogen) atoms. The van der Waals surface area contributed by atoms with Crippen molar-refractivity contribution in [2.75, 3.05) is 18.4 Å². The number of aromatic nitrogens is 4. The maximum absolute atomic E-state index is 12.3. The van der Waals surface area contributed by atoms with Crippen molar-refractivity contribution in [1.82, 2.24) is 24.4 Å². The lowest BCUT2D eigenvalue weighted by Gasteiger charge is -2.11. The van der Waals surface area contributed by atoms with Crippen LogP contribution in [0.5, 0.6) is 0 Å². The first-order valence-electron chi connectivity index (χ1n) is 8.08. The Bertz CT molecular complexity index is 994. The van der Waals surface area contributed by atoms with E-state index in [2.05, 4.69) is 20.4 Å². The monoisotopic (exact) mass is 356 g/mol. The van der Waals surface area contributed by atoms with Crippen molar-refractivity contribution in [3.63, 3.8) is 0 Å². The zero-order valence-corrected chi connectivity index (χ0v) is 13.9. The van der Waals surface area contributed by atoms with E-state index in [0.717, 1.165) is 5.56 Å². The molecule has 2 amide bonds. The van der Waals surface area contributed by atoms with Crippen molar-refractivity contribution in [1.29, 1.82) is 0 Å². The number of aryl methyl sites for hydroxylation is 1. The Kier molecular flexibility index (Phi) is 3.79. The van der Waals surface area contributed by atoms with Crippen LogP contribution in [0.2, 0.25) is 0 Å². The quantitative estimate of drug-likeness (QED) is 0.730. The van der Waals surface area contributed by atoms with Crippen LogP contribution in [-0.4, -0.2) is 54.6 Å². The molecule has 0 spiro atoms. The molecule has 1 unspecified atom stereocenters. The smallest absolute Gasteiger partial charge is 0.407 e. The number of rotatable bonds is 3. The molecule has 3 aromatic heterocycles. The number of fused-ring (bicyclic) bond motifs is 1. The molecule has 1 atom stereocenters. The third-order valence-electron chi connectivity index (χ3n) is 4.32. The Balaban J connectivity index is 1.51. The number of hydrogen-bond donors (Lipinski definition) is 2. The molecule has 0 bridgehead atoms. The Morgan fingerprint density at radius 1 is 1.31 bits per heavy atom. The van der Waals surface area contributed by atoms with Crippen molar-refractivity contribution in [3.05, 3.63) is 30.4 Å². The fraction of sp³-hybridized carbons (Fsp3) is 0.312. The Morgan fingerprint density at radius 2 is 2.15 bits per heavy atom. The van der Waals surface area contributed by atoms with E-state index in [1.807, 2.05) is 6.07 Å². The summed E-state index contributed by atoms with van der Waals surface area (Å²) in [5.41, 5.74) is 1.42. The standard InChI is InChI=1S/C16H16N6O4/c1-9-17-14(20-26-9)10-2-3-13-18-12(8-22(13)6-10)19-15(23)11-4-5-21(7-11)16(24)25/h2-3,6,8,11H,4-5,7H2,1H3,(H,19,23)(H,24,25). The summed E-state index contributed by atoms with van der Waals surface area (Å²) in [4.78, 5) is 33.1. The molecule has 3 aromatic rings.